The second kappa shape index (κ2) is 3.54. The third kappa shape index (κ3) is 2.88. The molecule has 0 spiro atoms. The Bertz CT molecular complexity index is 228. The van der Waals surface area contributed by atoms with E-state index in [1.807, 2.05) is 20.8 Å². The zero-order valence-electron chi connectivity index (χ0n) is 8.28. The van der Waals surface area contributed by atoms with Crippen molar-refractivity contribution in [1.82, 2.24) is 0 Å². The molecule has 0 aliphatic carbocycles. The van der Waals surface area contributed by atoms with Crippen molar-refractivity contribution in [2.75, 3.05) is 13.2 Å². The molecule has 1 heterocycles. The van der Waals surface area contributed by atoms with Crippen LogP contribution in [0.5, 0.6) is 0 Å². The zero-order chi connectivity index (χ0) is 9.95. The molecule has 0 aromatic heterocycles. The summed E-state index contributed by atoms with van der Waals surface area (Å²) in [5.74, 6) is -0.586. The minimum Gasteiger partial charge on any atom is -0.348 e. The minimum atomic E-state index is -0.586. The summed E-state index contributed by atoms with van der Waals surface area (Å²) in [6, 6.07) is 0. The van der Waals surface area contributed by atoms with Crippen molar-refractivity contribution >= 4 is 0 Å². The zero-order valence-corrected chi connectivity index (χ0v) is 8.28. The molecule has 0 bridgehead atoms. The first-order valence-corrected chi connectivity index (χ1v) is 4.32. The number of azide groups is 1. The topological polar surface area (TPSA) is 67.2 Å². The number of rotatable bonds is 3. The van der Waals surface area contributed by atoms with Crippen LogP contribution in [0.25, 0.3) is 10.4 Å². The molecule has 0 aromatic carbocycles. The summed E-state index contributed by atoms with van der Waals surface area (Å²) >= 11 is 0. The van der Waals surface area contributed by atoms with E-state index in [-0.39, 0.29) is 0 Å². The monoisotopic (exact) mass is 185 g/mol. The van der Waals surface area contributed by atoms with Gasteiger partial charge in [0.05, 0.1) is 13.2 Å². The van der Waals surface area contributed by atoms with Gasteiger partial charge in [-0.25, -0.2) is 0 Å². The third-order valence-electron chi connectivity index (χ3n) is 1.97. The molecule has 74 valence electrons. The molecule has 5 heteroatoms. The Balaban J connectivity index is 2.60. The van der Waals surface area contributed by atoms with Gasteiger partial charge in [0, 0.05) is 16.9 Å². The highest BCUT2D eigenvalue weighted by Crippen LogP contribution is 2.30. The SMILES string of the molecule is CC(C)(CC1(C)OCCO1)N=[N+]=[N-]. The lowest BCUT2D eigenvalue weighted by atomic mass is 9.96. The summed E-state index contributed by atoms with van der Waals surface area (Å²) in [5.41, 5.74) is 7.87. The van der Waals surface area contributed by atoms with Gasteiger partial charge < -0.3 is 9.47 Å². The molecule has 13 heavy (non-hydrogen) atoms. The van der Waals surface area contributed by atoms with E-state index in [1.54, 1.807) is 0 Å². The molecular weight excluding hydrogens is 170 g/mol. The number of ether oxygens (including phenoxy) is 2. The summed E-state index contributed by atoms with van der Waals surface area (Å²) in [6.07, 6.45) is 0.573. The molecule has 0 N–H and O–H groups in total. The standard InChI is InChI=1S/C8H15N3O2/c1-7(2,10-11-9)6-8(3)12-4-5-13-8/h4-6H2,1-3H3. The van der Waals surface area contributed by atoms with Crippen LogP contribution in [0.15, 0.2) is 5.11 Å². The summed E-state index contributed by atoms with van der Waals surface area (Å²) in [4.78, 5) is 2.79. The lowest BCUT2D eigenvalue weighted by Crippen LogP contribution is -2.34. The Kier molecular flexibility index (Phi) is 2.81. The molecule has 1 saturated heterocycles. The van der Waals surface area contributed by atoms with Gasteiger partial charge in [-0.2, -0.15) is 0 Å². The Hall–Kier alpha value is -0.770. The van der Waals surface area contributed by atoms with E-state index >= 15 is 0 Å². The van der Waals surface area contributed by atoms with Crippen LogP contribution in [0.4, 0.5) is 0 Å². The van der Waals surface area contributed by atoms with E-state index in [0.717, 1.165) is 0 Å². The fraction of sp³-hybridized carbons (Fsp3) is 1.00. The van der Waals surface area contributed by atoms with Gasteiger partial charge in [0.2, 0.25) is 0 Å². The molecule has 0 aromatic rings. The van der Waals surface area contributed by atoms with Gasteiger partial charge >= 0.3 is 0 Å². The van der Waals surface area contributed by atoms with Gasteiger partial charge in [-0.3, -0.25) is 0 Å². The quantitative estimate of drug-likeness (QED) is 0.384. The maximum atomic E-state index is 8.34. The van der Waals surface area contributed by atoms with Crippen molar-refractivity contribution in [1.29, 1.82) is 0 Å². The van der Waals surface area contributed by atoms with E-state index < -0.39 is 11.3 Å². The van der Waals surface area contributed by atoms with E-state index in [0.29, 0.717) is 19.6 Å². The molecule has 1 fully saturated rings. The first kappa shape index (κ1) is 10.3. The largest absolute Gasteiger partial charge is 0.348 e. The van der Waals surface area contributed by atoms with Crippen LogP contribution in [0.2, 0.25) is 0 Å². The molecule has 0 unspecified atom stereocenters. The highest BCUT2D eigenvalue weighted by atomic mass is 16.7. The Labute approximate surface area is 77.6 Å². The van der Waals surface area contributed by atoms with Crippen LogP contribution in [-0.4, -0.2) is 24.5 Å². The highest BCUT2D eigenvalue weighted by Gasteiger charge is 2.36. The van der Waals surface area contributed by atoms with E-state index in [4.69, 9.17) is 15.0 Å². The summed E-state index contributed by atoms with van der Waals surface area (Å²) in [7, 11) is 0. The lowest BCUT2D eigenvalue weighted by molar-refractivity contribution is -0.155. The van der Waals surface area contributed by atoms with Gasteiger partial charge in [-0.1, -0.05) is 19.0 Å². The van der Waals surface area contributed by atoms with Gasteiger partial charge in [0.15, 0.2) is 5.79 Å². The molecule has 0 atom stereocenters. The predicted molar refractivity (Wildman–Crippen MR) is 48.2 cm³/mol. The van der Waals surface area contributed by atoms with Crippen molar-refractivity contribution in [2.45, 2.75) is 38.5 Å². The third-order valence-corrected chi connectivity index (χ3v) is 1.97. The van der Waals surface area contributed by atoms with Gasteiger partial charge in [0.1, 0.15) is 0 Å². The predicted octanol–water partition coefficient (Wildman–Crippen LogP) is 2.23. The second-order valence-corrected chi connectivity index (χ2v) is 4.01. The number of hydrogen-bond acceptors (Lipinski definition) is 3. The van der Waals surface area contributed by atoms with Gasteiger partial charge in [-0.05, 0) is 12.5 Å². The van der Waals surface area contributed by atoms with Crippen LogP contribution in [-0.2, 0) is 9.47 Å². The summed E-state index contributed by atoms with van der Waals surface area (Å²) < 4.78 is 10.8. The van der Waals surface area contributed by atoms with Crippen LogP contribution in [0, 0.1) is 0 Å². The number of hydrogen-bond donors (Lipinski definition) is 0. The normalized spacial score (nSPS) is 21.2. The molecule has 0 saturated carbocycles. The van der Waals surface area contributed by atoms with Crippen LogP contribution < -0.4 is 0 Å². The Morgan fingerprint density at radius 2 is 2.00 bits per heavy atom. The molecule has 1 aliphatic heterocycles. The fourth-order valence-electron chi connectivity index (χ4n) is 1.60. The van der Waals surface area contributed by atoms with Gasteiger partial charge in [0.25, 0.3) is 0 Å². The average molecular weight is 185 g/mol. The summed E-state index contributed by atoms with van der Waals surface area (Å²) in [6.45, 7) is 6.83. The van der Waals surface area contributed by atoms with Crippen molar-refractivity contribution in [3.05, 3.63) is 10.4 Å². The van der Waals surface area contributed by atoms with E-state index in [1.165, 1.54) is 0 Å². The van der Waals surface area contributed by atoms with Crippen LogP contribution in [0.3, 0.4) is 0 Å². The average Bonchev–Trinajstić information content (AvgIpc) is 2.33. The number of nitrogens with zero attached hydrogens (tertiary/aromatic N) is 3. The Morgan fingerprint density at radius 1 is 1.46 bits per heavy atom. The summed E-state index contributed by atoms with van der Waals surface area (Å²) in [5, 5.41) is 3.69. The first-order valence-electron chi connectivity index (χ1n) is 4.32. The second-order valence-electron chi connectivity index (χ2n) is 4.01. The first-order chi connectivity index (χ1) is 5.97. The molecular formula is C8H15N3O2. The van der Waals surface area contributed by atoms with Crippen LogP contribution >= 0.6 is 0 Å². The van der Waals surface area contributed by atoms with Crippen molar-refractivity contribution in [2.24, 2.45) is 5.11 Å². The van der Waals surface area contributed by atoms with Crippen molar-refractivity contribution in [3.8, 4) is 0 Å². The van der Waals surface area contributed by atoms with Crippen molar-refractivity contribution in [3.63, 3.8) is 0 Å². The molecule has 5 nitrogen and oxygen atoms in total. The van der Waals surface area contributed by atoms with Crippen molar-refractivity contribution < 1.29 is 9.47 Å². The maximum absolute atomic E-state index is 8.34. The maximum Gasteiger partial charge on any atom is 0.166 e. The minimum absolute atomic E-state index is 0.464. The molecule has 0 radical (unpaired) electrons. The fourth-order valence-corrected chi connectivity index (χ4v) is 1.60. The highest BCUT2D eigenvalue weighted by molar-refractivity contribution is 4.85. The smallest absolute Gasteiger partial charge is 0.166 e. The van der Waals surface area contributed by atoms with Gasteiger partial charge in [-0.15, -0.1) is 0 Å². The van der Waals surface area contributed by atoms with E-state index in [9.17, 15) is 0 Å². The van der Waals surface area contributed by atoms with E-state index in [2.05, 4.69) is 10.0 Å². The lowest BCUT2D eigenvalue weighted by Gasteiger charge is -2.29. The molecule has 1 aliphatic rings. The van der Waals surface area contributed by atoms with Crippen LogP contribution in [0.1, 0.15) is 27.2 Å². The molecule has 1 rings (SSSR count). The Morgan fingerprint density at radius 3 is 2.46 bits per heavy atom. The molecule has 0 amide bonds.